The molecule has 2 atom stereocenters. The minimum atomic E-state index is -3.42. The van der Waals surface area contributed by atoms with Gasteiger partial charge < -0.3 is 9.73 Å². The Bertz CT molecular complexity index is 884. The molecule has 4 rings (SSSR count). The summed E-state index contributed by atoms with van der Waals surface area (Å²) < 4.78 is 33.6. The normalized spacial score (nSPS) is 23.4. The highest BCUT2D eigenvalue weighted by atomic mass is 32.2. The molecule has 1 N–H and O–H groups in total. The van der Waals surface area contributed by atoms with Gasteiger partial charge in [-0.15, -0.1) is 0 Å². The third-order valence-corrected chi connectivity index (χ3v) is 7.68. The SMILES string of the molecule is CC1CC1c1ccc(CNCc2ccccc2S(=O)(=O)N2CCCCC2)o1. The number of furan rings is 1. The van der Waals surface area contributed by atoms with Gasteiger partial charge in [0.25, 0.3) is 0 Å². The van der Waals surface area contributed by atoms with E-state index in [0.29, 0.717) is 37.0 Å². The van der Waals surface area contributed by atoms with Crippen LogP contribution in [0.25, 0.3) is 0 Å². The predicted octanol–water partition coefficient (Wildman–Crippen LogP) is 3.87. The Balaban J connectivity index is 1.41. The Hall–Kier alpha value is -1.63. The summed E-state index contributed by atoms with van der Waals surface area (Å²) in [5.74, 6) is 3.28. The van der Waals surface area contributed by atoms with Gasteiger partial charge in [0.2, 0.25) is 10.0 Å². The molecule has 0 bridgehead atoms. The lowest BCUT2D eigenvalue weighted by Crippen LogP contribution is -2.36. The van der Waals surface area contributed by atoms with E-state index in [1.165, 1.54) is 6.42 Å². The van der Waals surface area contributed by atoms with Crippen LogP contribution in [0, 0.1) is 5.92 Å². The van der Waals surface area contributed by atoms with Gasteiger partial charge in [-0.2, -0.15) is 4.31 Å². The zero-order valence-electron chi connectivity index (χ0n) is 15.9. The Morgan fingerprint density at radius 1 is 1.07 bits per heavy atom. The molecular weight excluding hydrogens is 360 g/mol. The van der Waals surface area contributed by atoms with Crippen molar-refractivity contribution >= 4 is 10.0 Å². The molecule has 1 aromatic heterocycles. The maximum atomic E-state index is 13.0. The van der Waals surface area contributed by atoms with Crippen molar-refractivity contribution in [1.29, 1.82) is 0 Å². The zero-order chi connectivity index (χ0) is 18.9. The summed E-state index contributed by atoms with van der Waals surface area (Å²) in [7, 11) is -3.42. The highest BCUT2D eigenvalue weighted by Crippen LogP contribution is 2.47. The van der Waals surface area contributed by atoms with Crippen LogP contribution in [-0.4, -0.2) is 25.8 Å². The van der Waals surface area contributed by atoms with Gasteiger partial charge in [-0.1, -0.05) is 31.5 Å². The number of rotatable bonds is 7. The smallest absolute Gasteiger partial charge is 0.243 e. The van der Waals surface area contributed by atoms with Crippen LogP contribution in [-0.2, 0) is 23.1 Å². The van der Waals surface area contributed by atoms with E-state index in [0.717, 1.165) is 42.3 Å². The van der Waals surface area contributed by atoms with E-state index in [4.69, 9.17) is 4.42 Å². The molecule has 2 aliphatic rings. The average Bonchev–Trinajstić information content (AvgIpc) is 3.23. The van der Waals surface area contributed by atoms with Crippen LogP contribution in [0.1, 0.15) is 55.6 Å². The molecule has 0 amide bonds. The van der Waals surface area contributed by atoms with Crippen molar-refractivity contribution < 1.29 is 12.8 Å². The minimum absolute atomic E-state index is 0.423. The summed E-state index contributed by atoms with van der Waals surface area (Å²) >= 11 is 0. The molecule has 27 heavy (non-hydrogen) atoms. The topological polar surface area (TPSA) is 62.6 Å². The van der Waals surface area contributed by atoms with Crippen molar-refractivity contribution in [3.63, 3.8) is 0 Å². The second-order valence-electron chi connectivity index (χ2n) is 7.80. The average molecular weight is 389 g/mol. The molecule has 1 aromatic carbocycles. The molecule has 0 spiro atoms. The molecule has 2 aromatic rings. The van der Waals surface area contributed by atoms with Crippen molar-refractivity contribution in [2.45, 2.75) is 56.5 Å². The van der Waals surface area contributed by atoms with Gasteiger partial charge >= 0.3 is 0 Å². The first-order valence-corrected chi connectivity index (χ1v) is 11.4. The number of piperidine rings is 1. The largest absolute Gasteiger partial charge is 0.464 e. The van der Waals surface area contributed by atoms with Crippen LogP contribution >= 0.6 is 0 Å². The molecule has 2 unspecified atom stereocenters. The first-order valence-electron chi connectivity index (χ1n) is 9.93. The molecule has 0 radical (unpaired) electrons. The Morgan fingerprint density at radius 3 is 2.56 bits per heavy atom. The van der Waals surface area contributed by atoms with Crippen molar-refractivity contribution in [2.75, 3.05) is 13.1 Å². The fourth-order valence-corrected chi connectivity index (χ4v) is 5.61. The van der Waals surface area contributed by atoms with Crippen LogP contribution in [0.5, 0.6) is 0 Å². The fraction of sp³-hybridized carbons (Fsp3) is 0.524. The van der Waals surface area contributed by atoms with E-state index in [2.05, 4.69) is 18.3 Å². The summed E-state index contributed by atoms with van der Waals surface area (Å²) in [5, 5.41) is 3.34. The van der Waals surface area contributed by atoms with E-state index in [1.807, 2.05) is 18.2 Å². The molecular formula is C21H28N2O3S. The molecule has 2 heterocycles. The van der Waals surface area contributed by atoms with Crippen molar-refractivity contribution in [3.05, 3.63) is 53.5 Å². The first kappa shape index (κ1) is 18.7. The Kier molecular flexibility index (Phi) is 5.39. The first-order chi connectivity index (χ1) is 13.1. The van der Waals surface area contributed by atoms with E-state index in [9.17, 15) is 8.42 Å². The number of hydrogen-bond acceptors (Lipinski definition) is 4. The van der Waals surface area contributed by atoms with Crippen LogP contribution in [0.15, 0.2) is 45.7 Å². The molecule has 1 saturated carbocycles. The standard InChI is InChI=1S/C21H28N2O3S/c1-16-13-19(16)20-10-9-18(26-20)15-22-14-17-7-3-4-8-21(17)27(24,25)23-11-5-2-6-12-23/h3-4,7-10,16,19,22H,2,5-6,11-15H2,1H3. The Morgan fingerprint density at radius 2 is 1.81 bits per heavy atom. The van der Waals surface area contributed by atoms with Crippen LogP contribution in [0.4, 0.5) is 0 Å². The lowest BCUT2D eigenvalue weighted by molar-refractivity contribution is 0.346. The minimum Gasteiger partial charge on any atom is -0.464 e. The highest BCUT2D eigenvalue weighted by Gasteiger charge is 2.36. The van der Waals surface area contributed by atoms with Gasteiger partial charge in [0, 0.05) is 25.6 Å². The third kappa shape index (κ3) is 4.13. The van der Waals surface area contributed by atoms with Crippen molar-refractivity contribution in [2.24, 2.45) is 5.92 Å². The lowest BCUT2D eigenvalue weighted by Gasteiger charge is -2.26. The molecule has 1 saturated heterocycles. The highest BCUT2D eigenvalue weighted by molar-refractivity contribution is 7.89. The monoisotopic (exact) mass is 388 g/mol. The molecule has 1 aliphatic carbocycles. The summed E-state index contributed by atoms with van der Waals surface area (Å²) in [4.78, 5) is 0.423. The number of nitrogens with zero attached hydrogens (tertiary/aromatic N) is 1. The third-order valence-electron chi connectivity index (χ3n) is 5.68. The van der Waals surface area contributed by atoms with Gasteiger partial charge in [-0.05, 0) is 48.9 Å². The van der Waals surface area contributed by atoms with Crippen molar-refractivity contribution in [1.82, 2.24) is 9.62 Å². The van der Waals surface area contributed by atoms with E-state index >= 15 is 0 Å². The van der Waals surface area contributed by atoms with E-state index in [1.54, 1.807) is 16.4 Å². The second kappa shape index (κ2) is 7.78. The summed E-state index contributed by atoms with van der Waals surface area (Å²) in [6.45, 7) is 4.58. The lowest BCUT2D eigenvalue weighted by atomic mass is 10.2. The fourth-order valence-electron chi connectivity index (χ4n) is 3.87. The van der Waals surface area contributed by atoms with Crippen LogP contribution in [0.3, 0.4) is 0 Å². The Labute approximate surface area is 161 Å². The molecule has 2 fully saturated rings. The van der Waals surface area contributed by atoms with E-state index < -0.39 is 10.0 Å². The molecule has 6 heteroatoms. The quantitative estimate of drug-likeness (QED) is 0.782. The summed E-state index contributed by atoms with van der Waals surface area (Å²) in [5.41, 5.74) is 0.811. The maximum absolute atomic E-state index is 13.0. The maximum Gasteiger partial charge on any atom is 0.243 e. The molecule has 146 valence electrons. The van der Waals surface area contributed by atoms with Crippen LogP contribution in [0.2, 0.25) is 0 Å². The van der Waals surface area contributed by atoms with Crippen molar-refractivity contribution in [3.8, 4) is 0 Å². The summed E-state index contributed by atoms with van der Waals surface area (Å²) in [6, 6.07) is 11.4. The van der Waals surface area contributed by atoms with Crippen LogP contribution < -0.4 is 5.32 Å². The van der Waals surface area contributed by atoms with E-state index in [-0.39, 0.29) is 0 Å². The van der Waals surface area contributed by atoms with Gasteiger partial charge in [0.05, 0.1) is 11.4 Å². The van der Waals surface area contributed by atoms with Gasteiger partial charge in [0.15, 0.2) is 0 Å². The number of sulfonamides is 1. The zero-order valence-corrected chi connectivity index (χ0v) is 16.7. The van der Waals surface area contributed by atoms with Gasteiger partial charge in [-0.3, -0.25) is 0 Å². The number of hydrogen-bond donors (Lipinski definition) is 1. The second-order valence-corrected chi connectivity index (χ2v) is 9.71. The predicted molar refractivity (Wildman–Crippen MR) is 105 cm³/mol. The van der Waals surface area contributed by atoms with Gasteiger partial charge in [-0.25, -0.2) is 8.42 Å². The molecule has 5 nitrogen and oxygen atoms in total. The summed E-state index contributed by atoms with van der Waals surface area (Å²) in [6.07, 6.45) is 4.21. The number of benzene rings is 1. The van der Waals surface area contributed by atoms with Gasteiger partial charge in [0.1, 0.15) is 11.5 Å². The molecule has 1 aliphatic heterocycles. The number of nitrogens with one attached hydrogen (secondary N) is 1.